The third kappa shape index (κ3) is 7.24. The molecule has 0 saturated carbocycles. The van der Waals surface area contributed by atoms with Gasteiger partial charge in [-0.25, -0.2) is 0 Å². The topological polar surface area (TPSA) is 113 Å². The molecule has 7 heteroatoms. The van der Waals surface area contributed by atoms with Gasteiger partial charge in [0.2, 0.25) is 0 Å². The van der Waals surface area contributed by atoms with Crippen LogP contribution < -0.4 is 0 Å². The van der Waals surface area contributed by atoms with Crippen LogP contribution in [0.5, 0.6) is 0 Å². The molecule has 0 amide bonds. The van der Waals surface area contributed by atoms with Gasteiger partial charge in [-0.05, 0) is 50.4 Å². The molecule has 228 valence electrons. The number of aliphatic hydroxyl groups excluding tert-OH is 3. The smallest absolute Gasteiger partial charge is 0.305 e. The summed E-state index contributed by atoms with van der Waals surface area (Å²) in [5, 5.41) is 38.2. The highest BCUT2D eigenvalue weighted by molar-refractivity contribution is 6.24. The number of carbonyl (C=O) groups excluding carboxylic acids is 2. The normalized spacial score (nSPS) is 22.7. The zero-order valence-corrected chi connectivity index (χ0v) is 24.8. The molecule has 3 N–H and O–H groups in total. The average Bonchev–Trinajstić information content (AvgIpc) is 3.02. The van der Waals surface area contributed by atoms with Crippen molar-refractivity contribution < 1.29 is 34.4 Å². The number of hydrogen-bond acceptors (Lipinski definition) is 7. The standard InChI is InChI=1S/C36H42O7/c1-2-3-4-5-6-7-8-12-31(38)42-22-30-35(40)36(41)34(39)29(43-30)21-27(37)19-17-23-13-14-26-16-15-24-10-9-11-25-18-20-28(23)33(26)32(24)25/h9-11,13-20,29-30,34-36,39-41H,2-8,12,21-22H2,1H3/b19-17+/t29-,30+,34-,35+,36+/m0/s1. The molecule has 0 aliphatic carbocycles. The molecule has 7 nitrogen and oxygen atoms in total. The van der Waals surface area contributed by atoms with Gasteiger partial charge in [0.1, 0.15) is 31.0 Å². The van der Waals surface area contributed by atoms with Crippen LogP contribution in [0.3, 0.4) is 0 Å². The summed E-state index contributed by atoms with van der Waals surface area (Å²) >= 11 is 0. The van der Waals surface area contributed by atoms with Crippen molar-refractivity contribution in [2.24, 2.45) is 0 Å². The van der Waals surface area contributed by atoms with Gasteiger partial charge in [-0.2, -0.15) is 0 Å². The van der Waals surface area contributed by atoms with E-state index in [-0.39, 0.29) is 25.2 Å². The van der Waals surface area contributed by atoms with Crippen LogP contribution in [0.2, 0.25) is 0 Å². The lowest BCUT2D eigenvalue weighted by Gasteiger charge is -2.40. The van der Waals surface area contributed by atoms with E-state index in [0.29, 0.717) is 0 Å². The molecule has 0 bridgehead atoms. The first-order chi connectivity index (χ1) is 20.9. The molecule has 1 saturated heterocycles. The fourth-order valence-electron chi connectivity index (χ4n) is 6.16. The second kappa shape index (κ2) is 14.4. The lowest BCUT2D eigenvalue weighted by atomic mass is 9.91. The zero-order valence-electron chi connectivity index (χ0n) is 24.8. The number of rotatable bonds is 14. The van der Waals surface area contributed by atoms with Gasteiger partial charge in [0.25, 0.3) is 0 Å². The summed E-state index contributed by atoms with van der Waals surface area (Å²) < 4.78 is 11.1. The molecule has 0 unspecified atom stereocenters. The van der Waals surface area contributed by atoms with Gasteiger partial charge in [0, 0.05) is 12.8 Å². The van der Waals surface area contributed by atoms with E-state index in [2.05, 4.69) is 43.3 Å². The minimum Gasteiger partial charge on any atom is -0.463 e. The average molecular weight is 587 g/mol. The highest BCUT2D eigenvalue weighted by atomic mass is 16.6. The Bertz CT molecular complexity index is 1540. The maximum Gasteiger partial charge on any atom is 0.305 e. The predicted molar refractivity (Wildman–Crippen MR) is 169 cm³/mol. The maximum absolute atomic E-state index is 13.0. The minimum absolute atomic E-state index is 0.199. The SMILES string of the molecule is CCCCCCCCCC(=O)OC[C@H]1O[C@@H](CC(=O)/C=C/c2ccc3ccc4cccc5ccc2c3c45)[C@H](O)[C@@H](O)[C@@H]1O. The number of aliphatic hydroxyl groups is 3. The van der Waals surface area contributed by atoms with Crippen LogP contribution in [0.25, 0.3) is 38.4 Å². The summed E-state index contributed by atoms with van der Waals surface area (Å²) in [6.07, 6.45) is 4.35. The van der Waals surface area contributed by atoms with Crippen LogP contribution >= 0.6 is 0 Å². The molecule has 5 atom stereocenters. The molecule has 43 heavy (non-hydrogen) atoms. The number of hydrogen-bond donors (Lipinski definition) is 3. The first-order valence-electron chi connectivity index (χ1n) is 15.6. The summed E-state index contributed by atoms with van der Waals surface area (Å²) in [7, 11) is 0. The number of benzene rings is 4. The van der Waals surface area contributed by atoms with E-state index in [9.17, 15) is 24.9 Å². The number of allylic oxidation sites excluding steroid dienone is 1. The van der Waals surface area contributed by atoms with Gasteiger partial charge in [0.05, 0.1) is 6.10 Å². The van der Waals surface area contributed by atoms with Crippen molar-refractivity contribution in [2.45, 2.75) is 95.2 Å². The fraction of sp³-hybridized carbons (Fsp3) is 0.444. The molecule has 5 rings (SSSR count). The van der Waals surface area contributed by atoms with Crippen LogP contribution in [-0.2, 0) is 19.1 Å². The summed E-state index contributed by atoms with van der Waals surface area (Å²) in [4.78, 5) is 25.2. The van der Waals surface area contributed by atoms with Crippen molar-refractivity contribution >= 4 is 50.1 Å². The van der Waals surface area contributed by atoms with Crippen molar-refractivity contribution in [2.75, 3.05) is 6.61 Å². The molecular formula is C36H42O7. The summed E-state index contributed by atoms with van der Waals surface area (Å²) in [6, 6.07) is 18.6. The molecule has 0 aromatic heterocycles. The van der Waals surface area contributed by atoms with Crippen LogP contribution in [0.1, 0.15) is 70.3 Å². The number of ketones is 1. The number of unbranched alkanes of at least 4 members (excludes halogenated alkanes) is 6. The fourth-order valence-corrected chi connectivity index (χ4v) is 6.16. The molecule has 0 spiro atoms. The van der Waals surface area contributed by atoms with Gasteiger partial charge < -0.3 is 24.8 Å². The van der Waals surface area contributed by atoms with Crippen molar-refractivity contribution in [1.82, 2.24) is 0 Å². The van der Waals surface area contributed by atoms with Crippen LogP contribution in [0.15, 0.2) is 60.7 Å². The van der Waals surface area contributed by atoms with Crippen molar-refractivity contribution in [3.63, 3.8) is 0 Å². The van der Waals surface area contributed by atoms with Crippen LogP contribution in [0, 0.1) is 0 Å². The Morgan fingerprint density at radius 1 is 0.767 bits per heavy atom. The van der Waals surface area contributed by atoms with Crippen molar-refractivity contribution in [1.29, 1.82) is 0 Å². The monoisotopic (exact) mass is 586 g/mol. The second-order valence-electron chi connectivity index (χ2n) is 11.8. The van der Waals surface area contributed by atoms with E-state index in [1.165, 1.54) is 37.1 Å². The first kappa shape index (κ1) is 31.1. The molecule has 1 aliphatic rings. The van der Waals surface area contributed by atoms with E-state index >= 15 is 0 Å². The quantitative estimate of drug-likeness (QED) is 0.0709. The van der Waals surface area contributed by atoms with E-state index in [1.807, 2.05) is 18.2 Å². The van der Waals surface area contributed by atoms with Crippen LogP contribution in [-0.4, -0.2) is 64.2 Å². The van der Waals surface area contributed by atoms with E-state index in [1.54, 1.807) is 6.08 Å². The summed E-state index contributed by atoms with van der Waals surface area (Å²) in [6.45, 7) is 1.92. The maximum atomic E-state index is 13.0. The largest absolute Gasteiger partial charge is 0.463 e. The molecule has 0 radical (unpaired) electrons. The number of carbonyl (C=O) groups is 2. The Kier molecular flexibility index (Phi) is 10.4. The highest BCUT2D eigenvalue weighted by Gasteiger charge is 2.44. The van der Waals surface area contributed by atoms with E-state index < -0.39 is 36.5 Å². The zero-order chi connectivity index (χ0) is 30.3. The molecule has 4 aromatic rings. The Balaban J connectivity index is 1.18. The Morgan fingerprint density at radius 3 is 2.14 bits per heavy atom. The van der Waals surface area contributed by atoms with Crippen molar-refractivity contribution in [3.8, 4) is 0 Å². The summed E-state index contributed by atoms with van der Waals surface area (Å²) in [5.41, 5.74) is 0.894. The summed E-state index contributed by atoms with van der Waals surface area (Å²) in [5.74, 6) is -0.693. The van der Waals surface area contributed by atoms with Gasteiger partial charge in [0.15, 0.2) is 5.78 Å². The molecule has 1 heterocycles. The van der Waals surface area contributed by atoms with Gasteiger partial charge in [-0.15, -0.1) is 0 Å². The molecule has 4 aromatic carbocycles. The van der Waals surface area contributed by atoms with E-state index in [0.717, 1.165) is 51.8 Å². The van der Waals surface area contributed by atoms with Crippen molar-refractivity contribution in [3.05, 3.63) is 66.2 Å². The minimum atomic E-state index is -1.53. The van der Waals surface area contributed by atoms with Gasteiger partial charge in [-0.3, -0.25) is 9.59 Å². The third-order valence-electron chi connectivity index (χ3n) is 8.62. The number of esters is 1. The predicted octanol–water partition coefficient (Wildman–Crippen LogP) is 6.09. The second-order valence-corrected chi connectivity index (χ2v) is 11.8. The lowest BCUT2D eigenvalue weighted by molar-refractivity contribution is -0.232. The molecular weight excluding hydrogens is 544 g/mol. The highest BCUT2D eigenvalue weighted by Crippen LogP contribution is 2.36. The molecule has 1 aliphatic heterocycles. The van der Waals surface area contributed by atoms with Crippen LogP contribution in [0.4, 0.5) is 0 Å². The Morgan fingerprint density at radius 2 is 1.40 bits per heavy atom. The number of ether oxygens (including phenoxy) is 2. The van der Waals surface area contributed by atoms with Gasteiger partial charge >= 0.3 is 5.97 Å². The third-order valence-corrected chi connectivity index (χ3v) is 8.62. The van der Waals surface area contributed by atoms with E-state index in [4.69, 9.17) is 9.47 Å². The molecule has 1 fully saturated rings. The Labute approximate surface area is 252 Å². The van der Waals surface area contributed by atoms with Gasteiger partial charge in [-0.1, -0.05) is 106 Å². The Hall–Kier alpha value is -3.36. The first-order valence-corrected chi connectivity index (χ1v) is 15.6. The lowest BCUT2D eigenvalue weighted by Crippen LogP contribution is -2.59.